The number of nitrogens with one attached hydrogen (secondary N) is 1. The van der Waals surface area contributed by atoms with Gasteiger partial charge in [0.25, 0.3) is 0 Å². The van der Waals surface area contributed by atoms with Gasteiger partial charge in [-0.1, -0.05) is 31.4 Å². The molecule has 0 aliphatic heterocycles. The lowest BCUT2D eigenvalue weighted by Crippen LogP contribution is -2.32. The molecular weight excluding hydrogens is 353 g/mol. The highest BCUT2D eigenvalue weighted by Gasteiger charge is 2.28. The quantitative estimate of drug-likeness (QED) is 0.488. The second-order valence-corrected chi connectivity index (χ2v) is 9.85. The lowest BCUT2D eigenvalue weighted by Gasteiger charge is -2.25. The predicted molar refractivity (Wildman–Crippen MR) is 102 cm³/mol. The zero-order chi connectivity index (χ0) is 19.2. The van der Waals surface area contributed by atoms with E-state index < -0.39 is 19.4 Å². The summed E-state index contributed by atoms with van der Waals surface area (Å²) in [7, 11) is -3.34. The summed E-state index contributed by atoms with van der Waals surface area (Å²) < 4.78 is 12.4. The summed E-state index contributed by atoms with van der Waals surface area (Å²) in [6, 6.07) is 6.45. The second-order valence-electron chi connectivity index (χ2n) is 7.43. The Labute approximate surface area is 155 Å². The van der Waals surface area contributed by atoms with Crippen molar-refractivity contribution < 1.29 is 24.5 Å². The fourth-order valence-electron chi connectivity index (χ4n) is 3.61. The number of hydrogen-bond acceptors (Lipinski definition) is 4. The van der Waals surface area contributed by atoms with E-state index in [4.69, 9.17) is 5.11 Å². The zero-order valence-corrected chi connectivity index (χ0v) is 16.2. The molecule has 0 bridgehead atoms. The molecule has 1 aromatic rings. The summed E-state index contributed by atoms with van der Waals surface area (Å²) in [6.07, 6.45) is 4.78. The largest absolute Gasteiger partial charge is 0.478 e. The Hall–Kier alpha value is -1.20. The number of hydrogen-bond donors (Lipinski definition) is 4. The van der Waals surface area contributed by atoms with Crippen molar-refractivity contribution in [1.29, 1.82) is 0 Å². The van der Waals surface area contributed by atoms with Crippen molar-refractivity contribution in [2.45, 2.75) is 51.2 Å². The van der Waals surface area contributed by atoms with E-state index in [1.807, 2.05) is 13.0 Å². The van der Waals surface area contributed by atoms with Crippen LogP contribution in [0.1, 0.15) is 61.0 Å². The number of carboxylic acid groups (broad SMARTS) is 1. The molecule has 0 radical (unpaired) electrons. The molecular formula is C19H30NO5P. The summed E-state index contributed by atoms with van der Waals surface area (Å²) >= 11 is 0. The molecule has 0 amide bonds. The van der Waals surface area contributed by atoms with Gasteiger partial charge >= 0.3 is 5.97 Å². The van der Waals surface area contributed by atoms with Gasteiger partial charge in [0.2, 0.25) is 7.37 Å². The molecule has 4 N–H and O–H groups in total. The minimum atomic E-state index is -3.34. The molecule has 1 aliphatic rings. The standard InChI is InChI=1S/C19H30NO5P/c1-14(16-8-5-9-17(10-16)19(22)23)20-11-18(21)13-26(24,25)12-15-6-3-2-4-7-15/h5,8-10,14-15,18,20-21H,2-4,6-7,11-13H2,1H3,(H,22,23)(H,24,25)/t14?,18-/m1/s1. The van der Waals surface area contributed by atoms with Crippen LogP contribution in [0.4, 0.5) is 0 Å². The smallest absolute Gasteiger partial charge is 0.335 e. The summed E-state index contributed by atoms with van der Waals surface area (Å²) in [5.74, 6) is -0.680. The Bertz CT molecular complexity index is 645. The molecule has 3 atom stereocenters. The van der Waals surface area contributed by atoms with E-state index in [2.05, 4.69) is 5.32 Å². The van der Waals surface area contributed by atoms with E-state index in [-0.39, 0.29) is 24.3 Å². The fourth-order valence-corrected chi connectivity index (χ4v) is 5.72. The maximum Gasteiger partial charge on any atom is 0.335 e. The Morgan fingerprint density at radius 2 is 2.00 bits per heavy atom. The van der Waals surface area contributed by atoms with Crippen molar-refractivity contribution in [3.63, 3.8) is 0 Å². The molecule has 6 nitrogen and oxygen atoms in total. The molecule has 7 heteroatoms. The van der Waals surface area contributed by atoms with Crippen molar-refractivity contribution in [2.75, 3.05) is 18.9 Å². The third-order valence-corrected chi connectivity index (χ3v) is 7.14. The highest BCUT2D eigenvalue weighted by atomic mass is 31.2. The van der Waals surface area contributed by atoms with Gasteiger partial charge in [0.1, 0.15) is 0 Å². The molecule has 2 unspecified atom stereocenters. The number of benzene rings is 1. The van der Waals surface area contributed by atoms with E-state index in [1.54, 1.807) is 12.1 Å². The molecule has 1 aromatic carbocycles. The average Bonchev–Trinajstić information content (AvgIpc) is 2.59. The van der Waals surface area contributed by atoms with Crippen molar-refractivity contribution in [2.24, 2.45) is 5.92 Å². The van der Waals surface area contributed by atoms with Gasteiger partial charge in [-0.2, -0.15) is 0 Å². The van der Waals surface area contributed by atoms with Crippen LogP contribution in [0, 0.1) is 5.92 Å². The second kappa shape index (κ2) is 9.65. The molecule has 1 aliphatic carbocycles. The Kier molecular flexibility index (Phi) is 7.84. The first-order valence-corrected chi connectivity index (χ1v) is 11.4. The first kappa shape index (κ1) is 21.1. The van der Waals surface area contributed by atoms with E-state index in [0.29, 0.717) is 12.1 Å². The van der Waals surface area contributed by atoms with E-state index >= 15 is 0 Å². The number of carboxylic acids is 1. The molecule has 26 heavy (non-hydrogen) atoms. The zero-order valence-electron chi connectivity index (χ0n) is 15.3. The number of aliphatic hydroxyl groups excluding tert-OH is 1. The SMILES string of the molecule is CC(NC[C@@H](O)CP(=O)(O)CC1CCCCC1)c1cccc(C(=O)O)c1. The van der Waals surface area contributed by atoms with Crippen LogP contribution in [-0.4, -0.2) is 46.0 Å². The predicted octanol–water partition coefficient (Wildman–Crippen LogP) is 3.25. The third-order valence-electron chi connectivity index (χ3n) is 5.06. The van der Waals surface area contributed by atoms with Gasteiger partial charge in [0.15, 0.2) is 0 Å². The van der Waals surface area contributed by atoms with Crippen molar-refractivity contribution in [3.8, 4) is 0 Å². The van der Waals surface area contributed by atoms with Gasteiger partial charge in [-0.15, -0.1) is 0 Å². The van der Waals surface area contributed by atoms with Gasteiger partial charge in [-0.25, -0.2) is 4.79 Å². The highest BCUT2D eigenvalue weighted by Crippen LogP contribution is 2.45. The molecule has 2 rings (SSSR count). The van der Waals surface area contributed by atoms with Gasteiger partial charge in [-0.3, -0.25) is 4.57 Å². The van der Waals surface area contributed by atoms with E-state index in [0.717, 1.165) is 31.2 Å². The number of aliphatic hydroxyl groups is 1. The molecule has 1 fully saturated rings. The summed E-state index contributed by atoms with van der Waals surface area (Å²) in [5, 5.41) is 22.3. The van der Waals surface area contributed by atoms with Crippen LogP contribution in [0.3, 0.4) is 0 Å². The van der Waals surface area contributed by atoms with Gasteiger partial charge in [-0.05, 0) is 43.4 Å². The van der Waals surface area contributed by atoms with Crippen LogP contribution in [0.5, 0.6) is 0 Å². The average molecular weight is 383 g/mol. The summed E-state index contributed by atoms with van der Waals surface area (Å²) in [4.78, 5) is 21.3. The van der Waals surface area contributed by atoms with Crippen LogP contribution in [0.25, 0.3) is 0 Å². The van der Waals surface area contributed by atoms with Crippen LogP contribution in [-0.2, 0) is 4.57 Å². The minimum Gasteiger partial charge on any atom is -0.478 e. The number of aromatic carboxylic acids is 1. The molecule has 0 spiro atoms. The summed E-state index contributed by atoms with van der Waals surface area (Å²) in [5.41, 5.74) is 1.01. The topological polar surface area (TPSA) is 107 Å². The Morgan fingerprint density at radius 1 is 1.31 bits per heavy atom. The summed E-state index contributed by atoms with van der Waals surface area (Å²) in [6.45, 7) is 2.06. The van der Waals surface area contributed by atoms with E-state index in [1.165, 1.54) is 12.5 Å². The number of carbonyl (C=O) groups is 1. The molecule has 0 heterocycles. The van der Waals surface area contributed by atoms with Crippen LogP contribution in [0.15, 0.2) is 24.3 Å². The minimum absolute atomic E-state index is 0.0988. The maximum absolute atomic E-state index is 12.4. The lowest BCUT2D eigenvalue weighted by atomic mass is 9.91. The van der Waals surface area contributed by atoms with Gasteiger partial charge in [0, 0.05) is 18.7 Å². The Balaban J connectivity index is 1.81. The van der Waals surface area contributed by atoms with Crippen LogP contribution in [0.2, 0.25) is 0 Å². The maximum atomic E-state index is 12.4. The molecule has 0 aromatic heterocycles. The number of rotatable bonds is 9. The van der Waals surface area contributed by atoms with Gasteiger partial charge in [0.05, 0.1) is 17.8 Å². The monoisotopic (exact) mass is 383 g/mol. The first-order valence-electron chi connectivity index (χ1n) is 9.32. The van der Waals surface area contributed by atoms with Gasteiger partial charge < -0.3 is 20.4 Å². The van der Waals surface area contributed by atoms with Crippen LogP contribution < -0.4 is 5.32 Å². The van der Waals surface area contributed by atoms with E-state index in [9.17, 15) is 19.4 Å². The lowest BCUT2D eigenvalue weighted by molar-refractivity contribution is 0.0696. The highest BCUT2D eigenvalue weighted by molar-refractivity contribution is 7.58. The van der Waals surface area contributed by atoms with Crippen molar-refractivity contribution >= 4 is 13.3 Å². The normalized spacial score (nSPS) is 20.3. The van der Waals surface area contributed by atoms with Crippen molar-refractivity contribution in [3.05, 3.63) is 35.4 Å². The molecule has 0 saturated heterocycles. The first-order chi connectivity index (χ1) is 12.3. The third kappa shape index (κ3) is 6.84. The fraction of sp³-hybridized carbons (Fsp3) is 0.632. The molecule has 1 saturated carbocycles. The Morgan fingerprint density at radius 3 is 2.65 bits per heavy atom. The molecule has 146 valence electrons. The van der Waals surface area contributed by atoms with Crippen molar-refractivity contribution in [1.82, 2.24) is 5.32 Å². The van der Waals surface area contributed by atoms with Crippen LogP contribution >= 0.6 is 7.37 Å².